The molecule has 0 amide bonds. The van der Waals surface area contributed by atoms with Crippen LogP contribution in [0.3, 0.4) is 0 Å². The van der Waals surface area contributed by atoms with Gasteiger partial charge in [0.15, 0.2) is 5.96 Å². The van der Waals surface area contributed by atoms with E-state index in [4.69, 9.17) is 0 Å². The fourth-order valence-corrected chi connectivity index (χ4v) is 3.35. The van der Waals surface area contributed by atoms with E-state index in [1.54, 1.807) is 0 Å². The lowest BCUT2D eigenvalue weighted by atomic mass is 10.1. The van der Waals surface area contributed by atoms with Gasteiger partial charge in [0.05, 0.1) is 18.3 Å². The predicted octanol–water partition coefficient (Wildman–Crippen LogP) is 2.54. The van der Waals surface area contributed by atoms with Crippen LogP contribution in [0.4, 0.5) is 0 Å². The lowest BCUT2D eigenvalue weighted by Crippen LogP contribution is -2.42. The molecule has 26 heavy (non-hydrogen) atoms. The number of benzene rings is 1. The molecule has 0 aliphatic carbocycles. The van der Waals surface area contributed by atoms with Crippen LogP contribution >= 0.6 is 24.0 Å². The quantitative estimate of drug-likeness (QED) is 0.389. The predicted molar refractivity (Wildman–Crippen MR) is 117 cm³/mol. The molecule has 2 heterocycles. The number of hydrogen-bond acceptors (Lipinski definition) is 3. The van der Waals surface area contributed by atoms with Crippen LogP contribution in [0, 0.1) is 0 Å². The van der Waals surface area contributed by atoms with Gasteiger partial charge in [-0.15, -0.1) is 24.0 Å². The average Bonchev–Trinajstić information content (AvgIpc) is 3.31. The highest BCUT2D eigenvalue weighted by Gasteiger charge is 2.23. The summed E-state index contributed by atoms with van der Waals surface area (Å²) in [5, 5.41) is 11.1. The molecule has 0 radical (unpaired) electrons. The van der Waals surface area contributed by atoms with Crippen LogP contribution in [0.1, 0.15) is 30.1 Å². The largest absolute Gasteiger partial charge is 0.354 e. The van der Waals surface area contributed by atoms with Gasteiger partial charge in [0.1, 0.15) is 0 Å². The molecule has 1 aromatic heterocycles. The summed E-state index contributed by atoms with van der Waals surface area (Å²) < 4.78 is 1.87. The second kappa shape index (κ2) is 10.5. The van der Waals surface area contributed by atoms with Crippen molar-refractivity contribution in [2.24, 2.45) is 12.0 Å². The van der Waals surface area contributed by atoms with E-state index in [2.05, 4.69) is 56.0 Å². The number of halogens is 1. The minimum absolute atomic E-state index is 0. The molecule has 2 aromatic rings. The zero-order valence-corrected chi connectivity index (χ0v) is 17.9. The van der Waals surface area contributed by atoms with Crippen molar-refractivity contribution in [3.05, 3.63) is 53.9 Å². The van der Waals surface area contributed by atoms with Crippen LogP contribution in [0.2, 0.25) is 0 Å². The average molecular weight is 468 g/mol. The summed E-state index contributed by atoms with van der Waals surface area (Å²) in [6, 6.07) is 13.1. The molecule has 6 nitrogen and oxygen atoms in total. The smallest absolute Gasteiger partial charge is 0.191 e. The maximum absolute atomic E-state index is 4.36. The van der Waals surface area contributed by atoms with Crippen molar-refractivity contribution < 1.29 is 0 Å². The molecular formula is C19H29IN6. The number of hydrogen-bond donors (Lipinski definition) is 2. The third-order valence-corrected chi connectivity index (χ3v) is 4.81. The first-order chi connectivity index (χ1) is 12.3. The molecule has 1 aliphatic rings. The van der Waals surface area contributed by atoms with E-state index in [-0.39, 0.29) is 24.0 Å². The van der Waals surface area contributed by atoms with Gasteiger partial charge in [-0.25, -0.2) is 0 Å². The Labute approximate surface area is 173 Å². The first kappa shape index (κ1) is 20.7. The van der Waals surface area contributed by atoms with Crippen molar-refractivity contribution >= 4 is 29.9 Å². The highest BCUT2D eigenvalue weighted by Crippen LogP contribution is 2.24. The van der Waals surface area contributed by atoms with E-state index in [0.717, 1.165) is 18.2 Å². The van der Waals surface area contributed by atoms with E-state index in [9.17, 15) is 0 Å². The van der Waals surface area contributed by atoms with E-state index in [1.807, 2.05) is 31.0 Å². The normalized spacial score (nSPS) is 16.2. The molecule has 1 saturated heterocycles. The van der Waals surface area contributed by atoms with Crippen molar-refractivity contribution in [2.75, 3.05) is 26.7 Å². The van der Waals surface area contributed by atoms with Gasteiger partial charge >= 0.3 is 0 Å². The van der Waals surface area contributed by atoms with Crippen molar-refractivity contribution in [1.82, 2.24) is 25.3 Å². The topological polar surface area (TPSA) is 57.5 Å². The second-order valence-electron chi connectivity index (χ2n) is 6.42. The number of nitrogens with one attached hydrogen (secondary N) is 2. The Kier molecular flexibility index (Phi) is 8.37. The Morgan fingerprint density at radius 1 is 1.15 bits per heavy atom. The Morgan fingerprint density at radius 3 is 2.50 bits per heavy atom. The first-order valence-corrected chi connectivity index (χ1v) is 8.98. The Bertz CT molecular complexity index is 678. The molecule has 142 valence electrons. The van der Waals surface area contributed by atoms with E-state index >= 15 is 0 Å². The number of aromatic nitrogens is 2. The van der Waals surface area contributed by atoms with Gasteiger partial charge in [-0.3, -0.25) is 14.6 Å². The summed E-state index contributed by atoms with van der Waals surface area (Å²) in [5.41, 5.74) is 2.49. The van der Waals surface area contributed by atoms with Crippen LogP contribution in [0.5, 0.6) is 0 Å². The first-order valence-electron chi connectivity index (χ1n) is 8.98. The van der Waals surface area contributed by atoms with Crippen molar-refractivity contribution in [2.45, 2.75) is 25.4 Å². The van der Waals surface area contributed by atoms with Crippen molar-refractivity contribution in [1.29, 1.82) is 0 Å². The van der Waals surface area contributed by atoms with Gasteiger partial charge in [-0.05, 0) is 37.6 Å². The lowest BCUT2D eigenvalue weighted by molar-refractivity contribution is 0.245. The summed E-state index contributed by atoms with van der Waals surface area (Å²) in [7, 11) is 3.76. The molecule has 1 fully saturated rings. The maximum Gasteiger partial charge on any atom is 0.191 e. The van der Waals surface area contributed by atoms with E-state index in [0.29, 0.717) is 12.6 Å². The number of nitrogens with zero attached hydrogens (tertiary/aromatic N) is 4. The molecule has 2 N–H and O–H groups in total. The lowest BCUT2D eigenvalue weighted by Gasteiger charge is -2.29. The molecule has 1 aliphatic heterocycles. The number of guanidine groups is 1. The minimum Gasteiger partial charge on any atom is -0.354 e. The molecule has 1 atom stereocenters. The molecule has 0 spiro atoms. The Balaban J connectivity index is 0.00000243. The van der Waals surface area contributed by atoms with Gasteiger partial charge in [0, 0.05) is 26.8 Å². The SMILES string of the molecule is CN=C(NCc1ccnn1C)NCC(c1ccccc1)N1CCCC1.I. The van der Waals surface area contributed by atoms with Crippen molar-refractivity contribution in [3.8, 4) is 0 Å². The van der Waals surface area contributed by atoms with Gasteiger partial charge in [-0.1, -0.05) is 30.3 Å². The third kappa shape index (κ3) is 5.44. The summed E-state index contributed by atoms with van der Waals surface area (Å²) in [4.78, 5) is 6.92. The van der Waals surface area contributed by atoms with Crippen molar-refractivity contribution in [3.63, 3.8) is 0 Å². The molecule has 0 saturated carbocycles. The zero-order chi connectivity index (χ0) is 17.5. The van der Waals surface area contributed by atoms with Crippen LogP contribution in [-0.2, 0) is 13.6 Å². The fraction of sp³-hybridized carbons (Fsp3) is 0.474. The summed E-state index contributed by atoms with van der Waals surface area (Å²) in [6.07, 6.45) is 4.39. The highest BCUT2D eigenvalue weighted by molar-refractivity contribution is 14.0. The molecule has 7 heteroatoms. The third-order valence-electron chi connectivity index (χ3n) is 4.81. The summed E-state index contributed by atoms with van der Waals surface area (Å²) in [6.45, 7) is 3.88. The zero-order valence-electron chi connectivity index (χ0n) is 15.6. The highest BCUT2D eigenvalue weighted by atomic mass is 127. The molecule has 1 unspecified atom stereocenters. The number of aliphatic imine (C=N–C) groups is 1. The van der Waals surface area contributed by atoms with Gasteiger partial charge in [0.2, 0.25) is 0 Å². The molecule has 0 bridgehead atoms. The Morgan fingerprint density at radius 2 is 1.88 bits per heavy atom. The maximum atomic E-state index is 4.36. The number of likely N-dealkylation sites (tertiary alicyclic amines) is 1. The summed E-state index contributed by atoms with van der Waals surface area (Å²) >= 11 is 0. The van der Waals surface area contributed by atoms with Crippen LogP contribution in [0.25, 0.3) is 0 Å². The van der Waals surface area contributed by atoms with E-state index < -0.39 is 0 Å². The molecule has 1 aromatic carbocycles. The van der Waals surface area contributed by atoms with Crippen LogP contribution < -0.4 is 10.6 Å². The number of aryl methyl sites for hydroxylation is 1. The fourth-order valence-electron chi connectivity index (χ4n) is 3.35. The minimum atomic E-state index is 0. The standard InChI is InChI=1S/C19H28N6.HI/c1-20-19(21-14-17-10-11-23-24(17)2)22-15-18(25-12-6-7-13-25)16-8-4-3-5-9-16;/h3-5,8-11,18H,6-7,12-15H2,1-2H3,(H2,20,21,22);1H. The number of rotatable bonds is 6. The van der Waals surface area contributed by atoms with Crippen LogP contribution in [-0.4, -0.2) is 47.3 Å². The van der Waals surface area contributed by atoms with Crippen LogP contribution in [0.15, 0.2) is 47.6 Å². The van der Waals surface area contributed by atoms with Gasteiger partial charge < -0.3 is 10.6 Å². The molecular weight excluding hydrogens is 439 g/mol. The van der Waals surface area contributed by atoms with Gasteiger partial charge in [0.25, 0.3) is 0 Å². The monoisotopic (exact) mass is 468 g/mol. The summed E-state index contributed by atoms with van der Waals surface area (Å²) in [5.74, 6) is 0.821. The Hall–Kier alpha value is -1.61. The van der Waals surface area contributed by atoms with E-state index in [1.165, 1.54) is 31.5 Å². The van der Waals surface area contributed by atoms with Gasteiger partial charge in [-0.2, -0.15) is 5.10 Å². The second-order valence-corrected chi connectivity index (χ2v) is 6.42. The molecule has 3 rings (SSSR count).